The van der Waals surface area contributed by atoms with Crippen molar-refractivity contribution in [3.8, 4) is 0 Å². The van der Waals surface area contributed by atoms with Crippen LogP contribution in [0, 0.1) is 0 Å². The van der Waals surface area contributed by atoms with Gasteiger partial charge in [-0.1, -0.05) is 55.3 Å². The Morgan fingerprint density at radius 3 is 2.62 bits per heavy atom. The van der Waals surface area contributed by atoms with Crippen molar-refractivity contribution < 1.29 is 0 Å². The molecule has 4 nitrogen and oxygen atoms in total. The zero-order valence-corrected chi connectivity index (χ0v) is 17.2. The van der Waals surface area contributed by atoms with Gasteiger partial charge < -0.3 is 10.6 Å². The van der Waals surface area contributed by atoms with Crippen LogP contribution in [0.1, 0.15) is 57.7 Å². The summed E-state index contributed by atoms with van der Waals surface area (Å²) in [4.78, 5) is 4.52. The van der Waals surface area contributed by atoms with Gasteiger partial charge in [0.15, 0.2) is 5.82 Å². The van der Waals surface area contributed by atoms with E-state index in [1.165, 1.54) is 56.5 Å². The van der Waals surface area contributed by atoms with E-state index >= 15 is 0 Å². The lowest BCUT2D eigenvalue weighted by molar-refractivity contribution is 0.413. The van der Waals surface area contributed by atoms with Crippen molar-refractivity contribution >= 4 is 51.6 Å². The van der Waals surface area contributed by atoms with Gasteiger partial charge in [0.05, 0.1) is 10.7 Å². The van der Waals surface area contributed by atoms with E-state index in [0.717, 1.165) is 11.4 Å². The summed E-state index contributed by atoms with van der Waals surface area (Å²) in [6, 6.07) is 5.90. The van der Waals surface area contributed by atoms with Crippen LogP contribution in [0.5, 0.6) is 0 Å². The van der Waals surface area contributed by atoms with Gasteiger partial charge in [-0.15, -0.1) is 0 Å². The lowest BCUT2D eigenvalue weighted by Crippen LogP contribution is -2.28. The van der Waals surface area contributed by atoms with Gasteiger partial charge in [-0.3, -0.25) is 0 Å². The van der Waals surface area contributed by atoms with Gasteiger partial charge in [-0.25, -0.2) is 0 Å². The molecule has 0 saturated heterocycles. The van der Waals surface area contributed by atoms with Gasteiger partial charge in [-0.2, -0.15) is 9.36 Å². The summed E-state index contributed by atoms with van der Waals surface area (Å²) >= 11 is 13.4. The Morgan fingerprint density at radius 2 is 1.88 bits per heavy atom. The highest BCUT2D eigenvalue weighted by Gasteiger charge is 2.11. The van der Waals surface area contributed by atoms with Gasteiger partial charge in [0.1, 0.15) is 0 Å². The summed E-state index contributed by atoms with van der Waals surface area (Å²) in [5.74, 6) is 0.707. The fourth-order valence-corrected chi connectivity index (χ4v) is 4.23. The summed E-state index contributed by atoms with van der Waals surface area (Å²) in [6.45, 7) is 2.09. The molecule has 0 aliphatic heterocycles. The number of nitrogens with zero attached hydrogens (tertiary/aromatic N) is 2. The number of aromatic nitrogens is 2. The molecule has 0 atom stereocenters. The average molecular weight is 411 g/mol. The fraction of sp³-hybridized carbons (Fsp3) is 0.474. The molecule has 0 unspecified atom stereocenters. The first-order valence-corrected chi connectivity index (χ1v) is 10.6. The third-order valence-electron chi connectivity index (χ3n) is 4.50. The van der Waals surface area contributed by atoms with Crippen molar-refractivity contribution in [3.63, 3.8) is 0 Å². The van der Waals surface area contributed by atoms with Crippen molar-refractivity contribution in [1.82, 2.24) is 14.7 Å². The van der Waals surface area contributed by atoms with Crippen molar-refractivity contribution in [1.29, 1.82) is 0 Å². The molecule has 1 aromatic carbocycles. The molecule has 0 radical (unpaired) electrons. The Hall–Kier alpha value is -1.30. The maximum Gasteiger partial charge on any atom is 0.207 e. The van der Waals surface area contributed by atoms with Crippen LogP contribution in [0.25, 0.3) is 6.08 Å². The van der Waals surface area contributed by atoms with Crippen molar-refractivity contribution in [2.45, 2.75) is 57.9 Å². The summed E-state index contributed by atoms with van der Waals surface area (Å²) in [5.41, 5.74) is 1.89. The molecule has 1 aliphatic rings. The molecule has 7 heteroatoms. The lowest BCUT2D eigenvalue weighted by Gasteiger charge is -2.22. The molecule has 1 aromatic heterocycles. The molecule has 0 amide bonds. The second kappa shape index (κ2) is 9.58. The van der Waals surface area contributed by atoms with Gasteiger partial charge >= 0.3 is 0 Å². The number of anilines is 2. The summed E-state index contributed by atoms with van der Waals surface area (Å²) in [6.07, 6.45) is 11.2. The molecule has 0 spiro atoms. The predicted octanol–water partition coefficient (Wildman–Crippen LogP) is 6.65. The zero-order chi connectivity index (χ0) is 18.4. The second-order valence-corrected chi connectivity index (χ2v) is 8.32. The minimum absolute atomic E-state index is 0.562. The summed E-state index contributed by atoms with van der Waals surface area (Å²) in [7, 11) is 0. The third kappa shape index (κ3) is 5.86. The maximum absolute atomic E-state index is 6.19. The number of hydrogen-bond acceptors (Lipinski definition) is 5. The molecule has 1 aliphatic carbocycles. The number of halogens is 2. The van der Waals surface area contributed by atoms with E-state index in [-0.39, 0.29) is 0 Å². The maximum atomic E-state index is 6.19. The van der Waals surface area contributed by atoms with Crippen molar-refractivity contribution in [2.75, 3.05) is 5.32 Å². The highest BCUT2D eigenvalue weighted by molar-refractivity contribution is 7.09. The van der Waals surface area contributed by atoms with E-state index in [4.69, 9.17) is 23.2 Å². The molecule has 2 aromatic rings. The van der Waals surface area contributed by atoms with Crippen LogP contribution in [-0.2, 0) is 0 Å². The van der Waals surface area contributed by atoms with Gasteiger partial charge in [-0.05, 0) is 38.0 Å². The Labute approximate surface area is 169 Å². The molecule has 140 valence electrons. The molecule has 1 heterocycles. The van der Waals surface area contributed by atoms with Gasteiger partial charge in [0.2, 0.25) is 5.13 Å². The monoisotopic (exact) mass is 410 g/mol. The van der Waals surface area contributed by atoms with E-state index in [2.05, 4.69) is 26.9 Å². The number of rotatable bonds is 5. The normalized spacial score (nSPS) is 16.8. The lowest BCUT2D eigenvalue weighted by atomic mass is 9.96. The topological polar surface area (TPSA) is 49.8 Å². The highest BCUT2D eigenvalue weighted by Crippen LogP contribution is 2.29. The van der Waals surface area contributed by atoms with Crippen LogP contribution < -0.4 is 10.6 Å². The largest absolute Gasteiger partial charge is 0.386 e. The molecule has 1 saturated carbocycles. The molecular formula is C19H24Cl2N4S. The zero-order valence-electron chi connectivity index (χ0n) is 14.9. The minimum Gasteiger partial charge on any atom is -0.386 e. The fourth-order valence-electron chi connectivity index (χ4n) is 3.21. The number of nitrogens with one attached hydrogen (secondary N) is 2. The van der Waals surface area contributed by atoms with E-state index < -0.39 is 0 Å². The number of allylic oxidation sites excluding steroid dienone is 1. The number of benzene rings is 1. The van der Waals surface area contributed by atoms with E-state index in [0.29, 0.717) is 27.0 Å². The summed E-state index contributed by atoms with van der Waals surface area (Å²) < 4.78 is 4.41. The SMILES string of the molecule is C/C(=C\c1nsc(Nc2ccc(Cl)cc2Cl)n1)NC1CCCCCCC1. The third-order valence-corrected chi connectivity index (χ3v) is 5.69. The minimum atomic E-state index is 0.562. The van der Waals surface area contributed by atoms with Crippen LogP contribution in [0.15, 0.2) is 23.9 Å². The smallest absolute Gasteiger partial charge is 0.207 e. The van der Waals surface area contributed by atoms with Crippen LogP contribution >= 0.6 is 34.7 Å². The first-order valence-electron chi connectivity index (χ1n) is 9.11. The molecular weight excluding hydrogens is 387 g/mol. The predicted molar refractivity (Wildman–Crippen MR) is 113 cm³/mol. The van der Waals surface area contributed by atoms with Crippen LogP contribution in [0.3, 0.4) is 0 Å². The second-order valence-electron chi connectivity index (χ2n) is 6.72. The van der Waals surface area contributed by atoms with E-state index in [9.17, 15) is 0 Å². The van der Waals surface area contributed by atoms with Gasteiger partial charge in [0, 0.05) is 34.4 Å². The molecule has 0 bridgehead atoms. The molecule has 3 rings (SSSR count). The van der Waals surface area contributed by atoms with Crippen LogP contribution in [0.2, 0.25) is 10.0 Å². The highest BCUT2D eigenvalue weighted by atomic mass is 35.5. The first-order chi connectivity index (χ1) is 12.6. The van der Waals surface area contributed by atoms with Crippen LogP contribution in [-0.4, -0.2) is 15.4 Å². The Bertz CT molecular complexity index is 752. The standard InChI is InChI=1S/C19H24Cl2N4S/c1-13(22-15-7-5-3-2-4-6-8-15)11-18-24-19(26-25-18)23-17-10-9-14(20)12-16(17)21/h9-12,15,22H,2-8H2,1H3,(H,23,24,25)/b13-11+. The Balaban J connectivity index is 1.60. The summed E-state index contributed by atoms with van der Waals surface area (Å²) in [5, 5.41) is 8.71. The Kier molecular flexibility index (Phi) is 7.17. The number of hydrogen-bond donors (Lipinski definition) is 2. The Morgan fingerprint density at radius 1 is 1.15 bits per heavy atom. The molecule has 2 N–H and O–H groups in total. The van der Waals surface area contributed by atoms with Crippen molar-refractivity contribution in [2.24, 2.45) is 0 Å². The first kappa shape index (κ1) is 19.5. The molecule has 26 heavy (non-hydrogen) atoms. The van der Waals surface area contributed by atoms with Crippen molar-refractivity contribution in [3.05, 3.63) is 39.8 Å². The average Bonchev–Trinajstić information content (AvgIpc) is 2.99. The van der Waals surface area contributed by atoms with E-state index in [1.54, 1.807) is 12.1 Å². The van der Waals surface area contributed by atoms with Gasteiger partial charge in [0.25, 0.3) is 0 Å². The van der Waals surface area contributed by atoms with E-state index in [1.807, 2.05) is 12.1 Å². The quantitative estimate of drug-likeness (QED) is 0.578. The molecule has 1 fully saturated rings. The van der Waals surface area contributed by atoms with Crippen LogP contribution in [0.4, 0.5) is 10.8 Å².